The summed E-state index contributed by atoms with van der Waals surface area (Å²) in [6.45, 7) is 9.12. The summed E-state index contributed by atoms with van der Waals surface area (Å²) in [5, 5.41) is 0. The number of hydrogen-bond acceptors (Lipinski definition) is 2. The zero-order valence-electron chi connectivity index (χ0n) is 11.2. The van der Waals surface area contributed by atoms with Crippen molar-refractivity contribution < 1.29 is 0 Å². The fourth-order valence-electron chi connectivity index (χ4n) is 2.84. The zero-order valence-corrected chi connectivity index (χ0v) is 11.2. The lowest BCUT2D eigenvalue weighted by Crippen LogP contribution is -2.38. The Labute approximate surface area is 105 Å². The largest absolute Gasteiger partial charge is 0.398 e. The maximum Gasteiger partial charge on any atom is 0.0362 e. The molecule has 0 spiro atoms. The fraction of sp³-hybridized carbons (Fsp3) is 0.600. The van der Waals surface area contributed by atoms with E-state index in [0.717, 1.165) is 24.6 Å². The van der Waals surface area contributed by atoms with Crippen LogP contribution in [-0.4, -0.2) is 17.5 Å². The zero-order chi connectivity index (χ0) is 12.4. The van der Waals surface area contributed by atoms with Crippen molar-refractivity contribution in [3.63, 3.8) is 0 Å². The molecule has 1 aromatic carbocycles. The van der Waals surface area contributed by atoms with Crippen molar-refractivity contribution in [3.05, 3.63) is 29.3 Å². The molecule has 0 bridgehead atoms. The lowest BCUT2D eigenvalue weighted by atomic mass is 9.95. The molecule has 1 aliphatic rings. The van der Waals surface area contributed by atoms with Crippen LogP contribution in [0.4, 0.5) is 5.69 Å². The van der Waals surface area contributed by atoms with Crippen LogP contribution in [0.25, 0.3) is 0 Å². The molecule has 1 aliphatic heterocycles. The summed E-state index contributed by atoms with van der Waals surface area (Å²) in [5.74, 6) is 0.763. The van der Waals surface area contributed by atoms with Crippen molar-refractivity contribution in [1.29, 1.82) is 0 Å². The maximum absolute atomic E-state index is 6.08. The second-order valence-electron chi connectivity index (χ2n) is 5.68. The number of nitrogens with two attached hydrogens (primary N) is 1. The number of nitrogen functional groups attached to an aromatic ring is 1. The molecule has 0 aliphatic carbocycles. The van der Waals surface area contributed by atoms with E-state index >= 15 is 0 Å². The van der Waals surface area contributed by atoms with Gasteiger partial charge in [-0.05, 0) is 42.9 Å². The van der Waals surface area contributed by atoms with Gasteiger partial charge in [0.1, 0.15) is 0 Å². The Balaban J connectivity index is 2.10. The van der Waals surface area contributed by atoms with Gasteiger partial charge in [0.2, 0.25) is 0 Å². The Bertz CT molecular complexity index is 385. The van der Waals surface area contributed by atoms with Crippen molar-refractivity contribution in [2.75, 3.05) is 12.3 Å². The smallest absolute Gasteiger partial charge is 0.0362 e. The number of benzene rings is 1. The van der Waals surface area contributed by atoms with E-state index in [2.05, 4.69) is 37.8 Å². The first-order valence-corrected chi connectivity index (χ1v) is 6.68. The summed E-state index contributed by atoms with van der Waals surface area (Å²) in [7, 11) is 0. The van der Waals surface area contributed by atoms with Crippen LogP contribution in [0.15, 0.2) is 18.2 Å². The van der Waals surface area contributed by atoms with Gasteiger partial charge in [0, 0.05) is 24.8 Å². The van der Waals surface area contributed by atoms with Crippen molar-refractivity contribution >= 4 is 5.69 Å². The second kappa shape index (κ2) is 5.09. The molecule has 0 amide bonds. The molecule has 2 rings (SSSR count). The first-order chi connectivity index (χ1) is 8.08. The molecule has 0 saturated heterocycles. The fourth-order valence-corrected chi connectivity index (χ4v) is 2.84. The molecule has 1 aromatic rings. The first-order valence-electron chi connectivity index (χ1n) is 6.68. The van der Waals surface area contributed by atoms with Crippen molar-refractivity contribution in [2.45, 2.75) is 46.2 Å². The molecule has 94 valence electrons. The van der Waals surface area contributed by atoms with Crippen molar-refractivity contribution in [1.82, 2.24) is 4.90 Å². The normalized spacial score (nSPS) is 18.1. The number of hydrogen-bond donors (Lipinski definition) is 1. The summed E-state index contributed by atoms with van der Waals surface area (Å²) < 4.78 is 0. The quantitative estimate of drug-likeness (QED) is 0.812. The summed E-state index contributed by atoms with van der Waals surface area (Å²) in [5.41, 5.74) is 9.84. The SMILES string of the molecule is CC(C)CC(C)N1CCc2cccc(N)c2C1. The van der Waals surface area contributed by atoms with Crippen LogP contribution >= 0.6 is 0 Å². The Hall–Kier alpha value is -1.02. The molecule has 2 nitrogen and oxygen atoms in total. The van der Waals surface area contributed by atoms with Gasteiger partial charge in [-0.25, -0.2) is 0 Å². The van der Waals surface area contributed by atoms with Crippen LogP contribution in [0.5, 0.6) is 0 Å². The van der Waals surface area contributed by atoms with Gasteiger partial charge in [0.25, 0.3) is 0 Å². The third kappa shape index (κ3) is 2.81. The summed E-state index contributed by atoms with van der Waals surface area (Å²) in [4.78, 5) is 2.57. The van der Waals surface area contributed by atoms with E-state index in [-0.39, 0.29) is 0 Å². The molecule has 2 N–H and O–H groups in total. The standard InChI is InChI=1S/C15H24N2/c1-11(2)9-12(3)17-8-7-13-5-4-6-15(16)14(13)10-17/h4-6,11-12H,7-10,16H2,1-3H3. The number of anilines is 1. The average molecular weight is 232 g/mol. The lowest BCUT2D eigenvalue weighted by Gasteiger charge is -2.35. The molecule has 1 unspecified atom stereocenters. The third-order valence-electron chi connectivity index (χ3n) is 3.77. The molecular weight excluding hydrogens is 208 g/mol. The van der Waals surface area contributed by atoms with Gasteiger partial charge in [-0.3, -0.25) is 4.90 Å². The van der Waals surface area contributed by atoms with Gasteiger partial charge in [0.05, 0.1) is 0 Å². The van der Waals surface area contributed by atoms with Gasteiger partial charge in [0.15, 0.2) is 0 Å². The minimum absolute atomic E-state index is 0.655. The van der Waals surface area contributed by atoms with E-state index in [0.29, 0.717) is 6.04 Å². The van der Waals surface area contributed by atoms with Crippen LogP contribution in [0.1, 0.15) is 38.3 Å². The highest BCUT2D eigenvalue weighted by atomic mass is 15.2. The van der Waals surface area contributed by atoms with Gasteiger partial charge in [-0.15, -0.1) is 0 Å². The van der Waals surface area contributed by atoms with Gasteiger partial charge >= 0.3 is 0 Å². The molecule has 2 heteroatoms. The van der Waals surface area contributed by atoms with Crippen LogP contribution in [0, 0.1) is 5.92 Å². The van der Waals surface area contributed by atoms with E-state index in [1.807, 2.05) is 6.07 Å². The summed E-state index contributed by atoms with van der Waals surface area (Å²) in [6.07, 6.45) is 2.41. The molecule has 0 aromatic heterocycles. The minimum atomic E-state index is 0.655. The lowest BCUT2D eigenvalue weighted by molar-refractivity contribution is 0.170. The van der Waals surface area contributed by atoms with Gasteiger partial charge in [-0.2, -0.15) is 0 Å². The number of nitrogens with zero attached hydrogens (tertiary/aromatic N) is 1. The molecule has 0 radical (unpaired) electrons. The van der Waals surface area contributed by atoms with E-state index in [1.54, 1.807) is 0 Å². The van der Waals surface area contributed by atoms with E-state index in [1.165, 1.54) is 24.1 Å². The molecule has 1 heterocycles. The van der Waals surface area contributed by atoms with E-state index < -0.39 is 0 Å². The number of rotatable bonds is 3. The van der Waals surface area contributed by atoms with E-state index in [4.69, 9.17) is 5.73 Å². The Morgan fingerprint density at radius 2 is 2.06 bits per heavy atom. The highest BCUT2D eigenvalue weighted by molar-refractivity contribution is 5.51. The molecule has 17 heavy (non-hydrogen) atoms. The Kier molecular flexibility index (Phi) is 3.72. The topological polar surface area (TPSA) is 29.3 Å². The highest BCUT2D eigenvalue weighted by Crippen LogP contribution is 2.26. The minimum Gasteiger partial charge on any atom is -0.398 e. The van der Waals surface area contributed by atoms with Crippen LogP contribution in [0.3, 0.4) is 0 Å². The number of fused-ring (bicyclic) bond motifs is 1. The third-order valence-corrected chi connectivity index (χ3v) is 3.77. The average Bonchev–Trinajstić information content (AvgIpc) is 2.28. The Morgan fingerprint density at radius 1 is 1.29 bits per heavy atom. The second-order valence-corrected chi connectivity index (χ2v) is 5.68. The summed E-state index contributed by atoms with van der Waals surface area (Å²) in [6, 6.07) is 6.97. The first kappa shape index (κ1) is 12.4. The monoisotopic (exact) mass is 232 g/mol. The highest BCUT2D eigenvalue weighted by Gasteiger charge is 2.22. The van der Waals surface area contributed by atoms with Crippen molar-refractivity contribution in [3.8, 4) is 0 Å². The molecular formula is C15H24N2. The van der Waals surface area contributed by atoms with Gasteiger partial charge in [-0.1, -0.05) is 26.0 Å². The van der Waals surface area contributed by atoms with Crippen LogP contribution < -0.4 is 5.73 Å². The van der Waals surface area contributed by atoms with Crippen molar-refractivity contribution in [2.24, 2.45) is 5.92 Å². The van der Waals surface area contributed by atoms with E-state index in [9.17, 15) is 0 Å². The van der Waals surface area contributed by atoms with Gasteiger partial charge < -0.3 is 5.73 Å². The Morgan fingerprint density at radius 3 is 2.76 bits per heavy atom. The molecule has 0 saturated carbocycles. The van der Waals surface area contributed by atoms with Crippen LogP contribution in [0.2, 0.25) is 0 Å². The summed E-state index contributed by atoms with van der Waals surface area (Å²) >= 11 is 0. The predicted molar refractivity (Wildman–Crippen MR) is 73.9 cm³/mol. The predicted octanol–water partition coefficient (Wildman–Crippen LogP) is 3.06. The maximum atomic E-state index is 6.08. The van der Waals surface area contributed by atoms with Crippen LogP contribution in [-0.2, 0) is 13.0 Å². The molecule has 1 atom stereocenters. The molecule has 0 fully saturated rings.